The summed E-state index contributed by atoms with van der Waals surface area (Å²) in [6.07, 6.45) is 0. The van der Waals surface area contributed by atoms with Gasteiger partial charge in [-0.05, 0) is 37.7 Å². The molecule has 7 heteroatoms. The number of hydrogen-bond donors (Lipinski definition) is 1. The fourth-order valence-electron chi connectivity index (χ4n) is 4.34. The van der Waals surface area contributed by atoms with E-state index >= 15 is 0 Å². The number of carbonyl (C=O) groups is 1. The summed E-state index contributed by atoms with van der Waals surface area (Å²) < 4.78 is 1.94. The molecule has 0 saturated carbocycles. The Bertz CT molecular complexity index is 1230. The van der Waals surface area contributed by atoms with Crippen molar-refractivity contribution in [2.45, 2.75) is 13.0 Å². The molecule has 2 aromatic heterocycles. The number of piperazine rings is 1. The van der Waals surface area contributed by atoms with E-state index in [0.717, 1.165) is 64.8 Å². The largest absolute Gasteiger partial charge is 0.343 e. The van der Waals surface area contributed by atoms with Crippen molar-refractivity contribution in [3.05, 3.63) is 82.9 Å². The van der Waals surface area contributed by atoms with Crippen LogP contribution in [-0.4, -0.2) is 65.3 Å². The minimum absolute atomic E-state index is 0.0295. The van der Waals surface area contributed by atoms with E-state index in [-0.39, 0.29) is 11.9 Å². The predicted molar refractivity (Wildman–Crippen MR) is 134 cm³/mol. The van der Waals surface area contributed by atoms with Gasteiger partial charge < -0.3 is 10.2 Å². The molecule has 1 unspecified atom stereocenters. The quantitative estimate of drug-likeness (QED) is 0.471. The number of nitrogens with one attached hydrogen (secondary N) is 1. The van der Waals surface area contributed by atoms with Gasteiger partial charge in [0.15, 0.2) is 0 Å². The number of rotatable bonds is 6. The van der Waals surface area contributed by atoms with Gasteiger partial charge >= 0.3 is 0 Å². The van der Waals surface area contributed by atoms with Crippen LogP contribution in [-0.2, 0) is 0 Å². The molecule has 33 heavy (non-hydrogen) atoms. The average Bonchev–Trinajstić information content (AvgIpc) is 3.42. The number of thiophene rings is 1. The zero-order chi connectivity index (χ0) is 22.8. The molecule has 2 aromatic carbocycles. The Labute approximate surface area is 198 Å². The summed E-state index contributed by atoms with van der Waals surface area (Å²) in [5.41, 5.74) is 3.07. The molecule has 1 N–H and O–H groups in total. The van der Waals surface area contributed by atoms with Crippen LogP contribution in [0.5, 0.6) is 0 Å². The van der Waals surface area contributed by atoms with Gasteiger partial charge in [-0.2, -0.15) is 5.10 Å². The van der Waals surface area contributed by atoms with Crippen LogP contribution in [0.3, 0.4) is 0 Å². The fourth-order valence-corrected chi connectivity index (χ4v) is 5.43. The number of fused-ring (bicyclic) bond motifs is 1. The first-order valence-electron chi connectivity index (χ1n) is 11.4. The van der Waals surface area contributed by atoms with E-state index in [2.05, 4.69) is 34.3 Å². The number of hydrogen-bond acceptors (Lipinski definition) is 5. The zero-order valence-electron chi connectivity index (χ0n) is 19.1. The highest BCUT2D eigenvalue weighted by Crippen LogP contribution is 2.31. The molecule has 3 heterocycles. The Morgan fingerprint density at radius 1 is 1.03 bits per heavy atom. The number of carbonyl (C=O) groups excluding carboxylic acids is 1. The lowest BCUT2D eigenvalue weighted by atomic mass is 10.1. The average molecular weight is 460 g/mol. The zero-order valence-corrected chi connectivity index (χ0v) is 19.9. The predicted octanol–water partition coefficient (Wildman–Crippen LogP) is 4.11. The van der Waals surface area contributed by atoms with Gasteiger partial charge in [0.1, 0.15) is 4.83 Å². The summed E-state index contributed by atoms with van der Waals surface area (Å²) in [5, 5.41) is 9.05. The normalized spacial score (nSPS) is 16.2. The summed E-state index contributed by atoms with van der Waals surface area (Å²) in [6.45, 7) is 6.96. The molecule has 1 aliphatic heterocycles. The van der Waals surface area contributed by atoms with Crippen LogP contribution in [0.4, 0.5) is 0 Å². The van der Waals surface area contributed by atoms with Gasteiger partial charge in [0.2, 0.25) is 0 Å². The van der Waals surface area contributed by atoms with E-state index in [9.17, 15) is 4.79 Å². The fraction of sp³-hybridized carbons (Fsp3) is 0.308. The molecular weight excluding hydrogens is 430 g/mol. The Balaban J connectivity index is 1.40. The first kappa shape index (κ1) is 21.8. The number of benzene rings is 2. The van der Waals surface area contributed by atoms with Crippen LogP contribution >= 0.6 is 11.3 Å². The van der Waals surface area contributed by atoms with Crippen molar-refractivity contribution in [3.63, 3.8) is 0 Å². The molecule has 0 spiro atoms. The molecule has 0 bridgehead atoms. The summed E-state index contributed by atoms with van der Waals surface area (Å²) in [4.78, 5) is 19.9. The molecule has 1 fully saturated rings. The molecule has 0 radical (unpaired) electrons. The highest BCUT2D eigenvalue weighted by atomic mass is 32.1. The van der Waals surface area contributed by atoms with Crippen LogP contribution in [0.2, 0.25) is 0 Å². The monoisotopic (exact) mass is 459 g/mol. The van der Waals surface area contributed by atoms with E-state index in [1.54, 1.807) is 0 Å². The number of amides is 1. The highest BCUT2D eigenvalue weighted by Gasteiger charge is 2.23. The maximum absolute atomic E-state index is 13.4. The number of para-hydroxylation sites is 1. The van der Waals surface area contributed by atoms with Crippen molar-refractivity contribution in [1.29, 1.82) is 0 Å². The van der Waals surface area contributed by atoms with Crippen LogP contribution < -0.4 is 5.32 Å². The van der Waals surface area contributed by atoms with Crippen molar-refractivity contribution in [2.24, 2.45) is 0 Å². The smallest absolute Gasteiger partial charge is 0.261 e. The molecule has 1 aliphatic rings. The van der Waals surface area contributed by atoms with Crippen LogP contribution in [0.15, 0.2) is 66.7 Å². The molecular formula is C26H29N5OS. The van der Waals surface area contributed by atoms with Crippen molar-refractivity contribution >= 4 is 27.5 Å². The third-order valence-electron chi connectivity index (χ3n) is 6.31. The van der Waals surface area contributed by atoms with E-state index in [1.807, 2.05) is 66.2 Å². The van der Waals surface area contributed by atoms with Gasteiger partial charge in [0, 0.05) is 38.1 Å². The van der Waals surface area contributed by atoms with Gasteiger partial charge in [-0.25, -0.2) is 4.68 Å². The van der Waals surface area contributed by atoms with Crippen molar-refractivity contribution in [2.75, 3.05) is 39.8 Å². The van der Waals surface area contributed by atoms with Crippen LogP contribution in [0.25, 0.3) is 15.9 Å². The molecule has 1 saturated heterocycles. The van der Waals surface area contributed by atoms with Crippen molar-refractivity contribution in [1.82, 2.24) is 24.9 Å². The topological polar surface area (TPSA) is 53.4 Å². The SMILES string of the molecule is Cc1nn(-c2ccccc2)c2sc(C(=O)NC(CN3CCN(C)CC3)c3ccccc3)cc12. The van der Waals surface area contributed by atoms with Crippen molar-refractivity contribution < 1.29 is 4.79 Å². The van der Waals surface area contributed by atoms with Gasteiger partial charge in [-0.3, -0.25) is 9.69 Å². The number of aromatic nitrogens is 2. The Morgan fingerprint density at radius 3 is 2.39 bits per heavy atom. The van der Waals surface area contributed by atoms with Gasteiger partial charge in [0.05, 0.1) is 22.3 Å². The first-order chi connectivity index (χ1) is 16.1. The second kappa shape index (κ2) is 9.47. The molecule has 5 rings (SSSR count). The maximum atomic E-state index is 13.4. The van der Waals surface area contributed by atoms with Crippen molar-refractivity contribution in [3.8, 4) is 5.69 Å². The second-order valence-electron chi connectivity index (χ2n) is 8.70. The molecule has 1 atom stereocenters. The van der Waals surface area contributed by atoms with E-state index in [0.29, 0.717) is 0 Å². The lowest BCUT2D eigenvalue weighted by Crippen LogP contribution is -2.47. The summed E-state index contributed by atoms with van der Waals surface area (Å²) in [6, 6.07) is 22.3. The molecule has 6 nitrogen and oxygen atoms in total. The highest BCUT2D eigenvalue weighted by molar-refractivity contribution is 7.20. The number of aryl methyl sites for hydroxylation is 1. The standard InChI is InChI=1S/C26H29N5OS/c1-19-22-17-24(33-26(22)31(28-19)21-11-7-4-8-12-21)25(32)27-23(20-9-5-3-6-10-20)18-30-15-13-29(2)14-16-30/h3-12,17,23H,13-16,18H2,1-2H3,(H,27,32). The Hall–Kier alpha value is -3.00. The van der Waals surface area contributed by atoms with Gasteiger partial charge in [-0.1, -0.05) is 48.5 Å². The Kier molecular flexibility index (Phi) is 6.26. The minimum atomic E-state index is -0.0564. The molecule has 0 aliphatic carbocycles. The van der Waals surface area contributed by atoms with Crippen LogP contribution in [0, 0.1) is 6.92 Å². The number of nitrogens with zero attached hydrogens (tertiary/aromatic N) is 4. The van der Waals surface area contributed by atoms with Gasteiger partial charge in [0.25, 0.3) is 5.91 Å². The lowest BCUT2D eigenvalue weighted by Gasteiger charge is -2.35. The maximum Gasteiger partial charge on any atom is 0.261 e. The third-order valence-corrected chi connectivity index (χ3v) is 7.42. The van der Waals surface area contributed by atoms with Crippen LogP contribution in [0.1, 0.15) is 27.0 Å². The summed E-state index contributed by atoms with van der Waals surface area (Å²) in [7, 11) is 2.16. The molecule has 4 aromatic rings. The molecule has 170 valence electrons. The second-order valence-corrected chi connectivity index (χ2v) is 9.73. The van der Waals surface area contributed by atoms with Gasteiger partial charge in [-0.15, -0.1) is 11.3 Å². The first-order valence-corrected chi connectivity index (χ1v) is 12.2. The number of likely N-dealkylation sites (N-methyl/N-ethyl adjacent to an activating group) is 1. The van der Waals surface area contributed by atoms with E-state index in [4.69, 9.17) is 5.10 Å². The lowest BCUT2D eigenvalue weighted by molar-refractivity contribution is 0.0911. The Morgan fingerprint density at radius 2 is 1.70 bits per heavy atom. The summed E-state index contributed by atoms with van der Waals surface area (Å²) in [5.74, 6) is -0.0295. The summed E-state index contributed by atoms with van der Waals surface area (Å²) >= 11 is 1.50. The van der Waals surface area contributed by atoms with E-state index in [1.165, 1.54) is 11.3 Å². The molecule has 1 amide bonds. The minimum Gasteiger partial charge on any atom is -0.343 e. The van der Waals surface area contributed by atoms with E-state index < -0.39 is 0 Å². The third kappa shape index (κ3) is 4.71.